The molecule has 12 nitrogen and oxygen atoms in total. The van der Waals surface area contributed by atoms with Crippen molar-refractivity contribution in [1.82, 2.24) is 10.2 Å². The first-order valence-corrected chi connectivity index (χ1v) is 15.5. The summed E-state index contributed by atoms with van der Waals surface area (Å²) in [7, 11) is 1.84. The molecule has 3 aromatic rings. The maximum Gasteiger partial charge on any atom is 0.336 e. The summed E-state index contributed by atoms with van der Waals surface area (Å²) in [6.45, 7) is 8.22. The van der Waals surface area contributed by atoms with Gasteiger partial charge in [-0.15, -0.1) is 0 Å². The molecule has 3 atom stereocenters. The first kappa shape index (κ1) is 35.2. The molecule has 0 saturated heterocycles. The van der Waals surface area contributed by atoms with E-state index in [1.807, 2.05) is 68.3 Å². The minimum absolute atomic E-state index is 0.0526. The summed E-state index contributed by atoms with van der Waals surface area (Å²) in [6.07, 6.45) is -0.786. The monoisotopic (exact) mass is 646 g/mol. The molecule has 3 aromatic carbocycles. The molecule has 0 aliphatic carbocycles. The highest BCUT2D eigenvalue weighted by molar-refractivity contribution is 6.06. The van der Waals surface area contributed by atoms with E-state index < -0.39 is 40.3 Å². The van der Waals surface area contributed by atoms with E-state index in [0.717, 1.165) is 10.8 Å². The van der Waals surface area contributed by atoms with E-state index in [0.29, 0.717) is 23.6 Å². The molecule has 47 heavy (non-hydrogen) atoms. The second kappa shape index (κ2) is 15.3. The Balaban J connectivity index is 1.50. The summed E-state index contributed by atoms with van der Waals surface area (Å²) in [4.78, 5) is 43.4. The Morgan fingerprint density at radius 2 is 1.83 bits per heavy atom. The number of fused-ring (bicyclic) bond motifs is 1. The molecule has 0 fully saturated rings. The number of nitrogens with one attached hydrogen (secondary N) is 1. The van der Waals surface area contributed by atoms with E-state index in [1.165, 1.54) is 18.2 Å². The first-order chi connectivity index (χ1) is 22.3. The second-order valence-corrected chi connectivity index (χ2v) is 12.4. The molecule has 0 amide bonds. The normalized spacial score (nSPS) is 17.4. The predicted molar refractivity (Wildman–Crippen MR) is 179 cm³/mol. The Bertz CT molecular complexity index is 1680. The Morgan fingerprint density at radius 1 is 1.13 bits per heavy atom. The van der Waals surface area contributed by atoms with Gasteiger partial charge >= 0.3 is 11.9 Å². The van der Waals surface area contributed by atoms with Gasteiger partial charge in [-0.2, -0.15) is 0 Å². The summed E-state index contributed by atoms with van der Waals surface area (Å²) >= 11 is 0. The molecule has 0 bridgehead atoms. The van der Waals surface area contributed by atoms with Gasteiger partial charge in [-0.3, -0.25) is 24.8 Å². The summed E-state index contributed by atoms with van der Waals surface area (Å²) in [6, 6.07) is 19.3. The standard InChI is InChI=1S/C35H42N4O8/c1-6-46-34(43)32-28(37-22(2)30(33(41)42)31(32)24-13-9-14-25(17-24)39(44)45)19-38(5)21-35(3,4)36-18-26(40)20-47-29-16-10-12-23-11-7-8-15-27(23)29/h7-17,26,30-31,36,40H,6,18-21H2,1-5H3,(H,41,42). The Morgan fingerprint density at radius 3 is 2.53 bits per heavy atom. The predicted octanol–water partition coefficient (Wildman–Crippen LogP) is 4.56. The van der Waals surface area contributed by atoms with Crippen LogP contribution in [-0.2, 0) is 14.3 Å². The number of esters is 1. The van der Waals surface area contributed by atoms with Gasteiger partial charge in [0.1, 0.15) is 24.4 Å². The van der Waals surface area contributed by atoms with Gasteiger partial charge in [0.15, 0.2) is 0 Å². The molecular weight excluding hydrogens is 604 g/mol. The van der Waals surface area contributed by atoms with Gasteiger partial charge in [-0.1, -0.05) is 48.5 Å². The summed E-state index contributed by atoms with van der Waals surface area (Å²) in [5, 5.41) is 37.8. The van der Waals surface area contributed by atoms with E-state index in [9.17, 15) is 29.9 Å². The van der Waals surface area contributed by atoms with E-state index in [2.05, 4.69) is 10.3 Å². The molecule has 0 radical (unpaired) electrons. The van der Waals surface area contributed by atoms with Gasteiger partial charge in [-0.25, -0.2) is 4.79 Å². The maximum atomic E-state index is 13.4. The van der Waals surface area contributed by atoms with Gasteiger partial charge in [-0.05, 0) is 51.8 Å². The van der Waals surface area contributed by atoms with Crippen LogP contribution in [0.2, 0.25) is 0 Å². The molecule has 0 saturated carbocycles. The number of ether oxygens (including phenoxy) is 2. The zero-order valence-electron chi connectivity index (χ0n) is 27.3. The molecule has 0 aromatic heterocycles. The van der Waals surface area contributed by atoms with Crippen molar-refractivity contribution in [3.63, 3.8) is 0 Å². The number of non-ortho nitro benzene ring substituents is 1. The number of hydrogen-bond acceptors (Lipinski definition) is 10. The number of aliphatic hydroxyl groups is 1. The minimum atomic E-state index is -1.22. The number of carboxylic acids is 1. The molecule has 4 rings (SSSR count). The Labute approximate surface area is 273 Å². The van der Waals surface area contributed by atoms with Gasteiger partial charge in [0.25, 0.3) is 5.69 Å². The summed E-state index contributed by atoms with van der Waals surface area (Å²) < 4.78 is 11.3. The van der Waals surface area contributed by atoms with Crippen LogP contribution in [-0.4, -0.2) is 89.2 Å². The number of aliphatic carboxylic acids is 1. The number of nitro groups is 1. The SMILES string of the molecule is CCOC(=O)C1=C(CN(C)CC(C)(C)NCC(O)COc2cccc3ccccc23)N=C(C)C(C(=O)O)C1c1cccc([N+](=O)[O-])c1. The van der Waals surface area contributed by atoms with E-state index >= 15 is 0 Å². The minimum Gasteiger partial charge on any atom is -0.490 e. The first-order valence-electron chi connectivity index (χ1n) is 15.5. The lowest BCUT2D eigenvalue weighted by molar-refractivity contribution is -0.384. The highest BCUT2D eigenvalue weighted by Gasteiger charge is 2.43. The van der Waals surface area contributed by atoms with Crippen molar-refractivity contribution in [3.05, 3.63) is 93.7 Å². The average Bonchev–Trinajstić information content (AvgIpc) is 3.02. The number of nitrogens with zero attached hydrogens (tertiary/aromatic N) is 3. The topological polar surface area (TPSA) is 164 Å². The van der Waals surface area contributed by atoms with Gasteiger partial charge in [0.2, 0.25) is 0 Å². The zero-order valence-corrected chi connectivity index (χ0v) is 27.3. The van der Waals surface area contributed by atoms with Gasteiger partial charge < -0.3 is 25.0 Å². The van der Waals surface area contributed by atoms with Crippen molar-refractivity contribution in [2.75, 3.05) is 39.9 Å². The van der Waals surface area contributed by atoms with Crippen molar-refractivity contribution in [3.8, 4) is 5.75 Å². The van der Waals surface area contributed by atoms with Crippen LogP contribution in [0.1, 0.15) is 39.2 Å². The molecule has 0 spiro atoms. The van der Waals surface area contributed by atoms with Crippen LogP contribution in [0.15, 0.2) is 83.0 Å². The van der Waals surface area contributed by atoms with E-state index in [4.69, 9.17) is 9.47 Å². The average molecular weight is 647 g/mol. The highest BCUT2D eigenvalue weighted by Crippen LogP contribution is 2.41. The number of hydrogen-bond donors (Lipinski definition) is 3. The molecular formula is C35H42N4O8. The molecule has 250 valence electrons. The van der Waals surface area contributed by atoms with Crippen molar-refractivity contribution in [2.24, 2.45) is 10.9 Å². The smallest absolute Gasteiger partial charge is 0.336 e. The lowest BCUT2D eigenvalue weighted by Gasteiger charge is -2.35. The molecule has 12 heteroatoms. The summed E-state index contributed by atoms with van der Waals surface area (Å²) in [5.74, 6) is -3.49. The number of benzene rings is 3. The number of rotatable bonds is 15. The third-order valence-electron chi connectivity index (χ3n) is 8.00. The maximum absolute atomic E-state index is 13.4. The van der Waals surface area contributed by atoms with Crippen molar-refractivity contribution >= 4 is 34.1 Å². The number of carbonyl (C=O) groups is 2. The van der Waals surface area contributed by atoms with Crippen LogP contribution < -0.4 is 10.1 Å². The number of nitro benzene ring substituents is 1. The summed E-state index contributed by atoms with van der Waals surface area (Å²) in [5.41, 5.74) is 0.255. The molecule has 3 unspecified atom stereocenters. The number of β-amino-alcohol motifs (C(OH)–C–C–N with tert-alkyl or cyclic N) is 1. The van der Waals surface area contributed by atoms with Crippen LogP contribution in [0.4, 0.5) is 5.69 Å². The number of aliphatic hydroxyl groups excluding tert-OH is 1. The third-order valence-corrected chi connectivity index (χ3v) is 8.00. The van der Waals surface area contributed by atoms with Crippen molar-refractivity contribution < 1.29 is 34.2 Å². The number of aliphatic imine (C=N–C) groups is 1. The fourth-order valence-electron chi connectivity index (χ4n) is 6.02. The van der Waals surface area contributed by atoms with Crippen molar-refractivity contribution in [2.45, 2.75) is 45.3 Å². The number of carboxylic acid groups (broad SMARTS) is 1. The zero-order chi connectivity index (χ0) is 34.3. The molecule has 1 aliphatic rings. The third kappa shape index (κ3) is 8.79. The van der Waals surface area contributed by atoms with Crippen molar-refractivity contribution in [1.29, 1.82) is 0 Å². The number of carbonyl (C=O) groups excluding carboxylic acids is 1. The molecule has 1 aliphatic heterocycles. The number of likely N-dealkylation sites (N-methyl/N-ethyl adjacent to an activating group) is 1. The van der Waals surface area contributed by atoms with Gasteiger partial charge in [0.05, 0.1) is 22.8 Å². The van der Waals surface area contributed by atoms with E-state index in [-0.39, 0.29) is 43.3 Å². The lowest BCUT2D eigenvalue weighted by atomic mass is 9.75. The fraction of sp³-hybridized carbons (Fsp3) is 0.400. The highest BCUT2D eigenvalue weighted by atomic mass is 16.6. The van der Waals surface area contributed by atoms with Crippen LogP contribution in [0.25, 0.3) is 10.8 Å². The van der Waals surface area contributed by atoms with E-state index in [1.54, 1.807) is 19.9 Å². The Hall–Kier alpha value is -4.65. The molecule has 3 N–H and O–H groups in total. The van der Waals surface area contributed by atoms with Crippen LogP contribution >= 0.6 is 0 Å². The van der Waals surface area contributed by atoms with Crippen LogP contribution in [0, 0.1) is 16.0 Å². The lowest BCUT2D eigenvalue weighted by Crippen LogP contribution is -2.51. The van der Waals surface area contributed by atoms with Gasteiger partial charge in [0, 0.05) is 54.3 Å². The van der Waals surface area contributed by atoms with Crippen LogP contribution in [0.5, 0.6) is 5.75 Å². The second-order valence-electron chi connectivity index (χ2n) is 12.4. The largest absolute Gasteiger partial charge is 0.490 e. The van der Waals surface area contributed by atoms with Crippen LogP contribution in [0.3, 0.4) is 0 Å². The fourth-order valence-corrected chi connectivity index (χ4v) is 6.02. The molecule has 1 heterocycles. The Kier molecular flexibility index (Phi) is 11.5. The quantitative estimate of drug-likeness (QED) is 0.121.